The third kappa shape index (κ3) is 2.79. The van der Waals surface area contributed by atoms with Crippen LogP contribution >= 0.6 is 11.3 Å². The lowest BCUT2D eigenvalue weighted by Crippen LogP contribution is -2.33. The summed E-state index contributed by atoms with van der Waals surface area (Å²) in [4.78, 5) is 8.49. The molecule has 0 fully saturated rings. The second-order valence-electron chi connectivity index (χ2n) is 4.04. The van der Waals surface area contributed by atoms with Crippen molar-refractivity contribution >= 4 is 11.3 Å². The number of thiazole rings is 1. The summed E-state index contributed by atoms with van der Waals surface area (Å²) in [5.41, 5.74) is 6.88. The fourth-order valence-corrected chi connectivity index (χ4v) is 3.11. The van der Waals surface area contributed by atoms with Crippen molar-refractivity contribution in [1.29, 1.82) is 0 Å². The number of hydrogen-bond donors (Lipinski definition) is 1. The van der Waals surface area contributed by atoms with Crippen LogP contribution in [0.5, 0.6) is 0 Å². The second-order valence-corrected chi connectivity index (χ2v) is 5.20. The monoisotopic (exact) mass is 241 g/mol. The predicted octanol–water partition coefficient (Wildman–Crippen LogP) is 0.649. The predicted molar refractivity (Wildman–Crippen MR) is 65.7 cm³/mol. The smallest absolute Gasteiger partial charge is 0.0954 e. The zero-order chi connectivity index (χ0) is 11.4. The minimum absolute atomic E-state index is 0.741. The van der Waals surface area contributed by atoms with Crippen molar-refractivity contribution in [1.82, 2.24) is 9.88 Å². The van der Waals surface area contributed by atoms with E-state index >= 15 is 0 Å². The Morgan fingerprint density at radius 1 is 1.56 bits per heavy atom. The van der Waals surface area contributed by atoms with Crippen LogP contribution in [0.25, 0.3) is 0 Å². The van der Waals surface area contributed by atoms with Crippen molar-refractivity contribution in [2.24, 2.45) is 5.73 Å². The van der Waals surface area contributed by atoms with Crippen LogP contribution in [-0.4, -0.2) is 43.2 Å². The molecule has 0 aromatic carbocycles. The van der Waals surface area contributed by atoms with E-state index in [-0.39, 0.29) is 0 Å². The molecule has 0 saturated carbocycles. The third-order valence-corrected chi connectivity index (χ3v) is 3.96. The summed E-state index contributed by atoms with van der Waals surface area (Å²) in [5, 5.41) is 1.21. The number of hydrogen-bond acceptors (Lipinski definition) is 5. The average Bonchev–Trinajstić information content (AvgIpc) is 2.68. The molecule has 0 atom stereocenters. The van der Waals surface area contributed by atoms with E-state index in [1.54, 1.807) is 7.11 Å². The van der Waals surface area contributed by atoms with Gasteiger partial charge in [-0.1, -0.05) is 0 Å². The molecule has 0 aliphatic carbocycles. The highest BCUT2D eigenvalue weighted by Gasteiger charge is 2.19. The highest BCUT2D eigenvalue weighted by atomic mass is 32.1. The van der Waals surface area contributed by atoms with Crippen LogP contribution in [0, 0.1) is 0 Å². The van der Waals surface area contributed by atoms with Crippen LogP contribution in [0.1, 0.15) is 15.6 Å². The van der Waals surface area contributed by atoms with Gasteiger partial charge in [0.15, 0.2) is 0 Å². The lowest BCUT2D eigenvalue weighted by atomic mass is 10.2. The minimum Gasteiger partial charge on any atom is -0.384 e. The van der Waals surface area contributed by atoms with Gasteiger partial charge in [0.25, 0.3) is 0 Å². The van der Waals surface area contributed by atoms with E-state index in [4.69, 9.17) is 10.5 Å². The lowest BCUT2D eigenvalue weighted by Gasteiger charge is -2.24. The van der Waals surface area contributed by atoms with Crippen molar-refractivity contribution in [2.45, 2.75) is 19.4 Å². The summed E-state index contributed by atoms with van der Waals surface area (Å²) in [6.07, 6.45) is 2.00. The number of aromatic nitrogens is 1. The van der Waals surface area contributed by atoms with Crippen molar-refractivity contribution in [3.8, 4) is 0 Å². The molecule has 90 valence electrons. The summed E-state index contributed by atoms with van der Waals surface area (Å²) < 4.78 is 5.08. The van der Waals surface area contributed by atoms with Gasteiger partial charge < -0.3 is 10.5 Å². The first-order valence-corrected chi connectivity index (χ1v) is 6.54. The molecule has 0 spiro atoms. The van der Waals surface area contributed by atoms with Gasteiger partial charge in [-0.15, -0.1) is 11.3 Å². The van der Waals surface area contributed by atoms with E-state index in [0.717, 1.165) is 45.6 Å². The molecular formula is C11H19N3OS. The quantitative estimate of drug-likeness (QED) is 0.822. The zero-order valence-corrected chi connectivity index (χ0v) is 10.6. The molecule has 2 rings (SSSR count). The Hall–Kier alpha value is -0.490. The third-order valence-electron chi connectivity index (χ3n) is 2.82. The number of nitrogens with zero attached hydrogens (tertiary/aromatic N) is 2. The molecule has 4 nitrogen and oxygen atoms in total. The number of ether oxygens (including phenoxy) is 1. The number of nitrogens with two attached hydrogens (primary N) is 1. The van der Waals surface area contributed by atoms with Crippen LogP contribution < -0.4 is 5.73 Å². The van der Waals surface area contributed by atoms with Gasteiger partial charge in [-0.2, -0.15) is 0 Å². The Morgan fingerprint density at radius 2 is 2.44 bits per heavy atom. The summed E-state index contributed by atoms with van der Waals surface area (Å²) in [7, 11) is 1.73. The van der Waals surface area contributed by atoms with Gasteiger partial charge in [0, 0.05) is 51.0 Å². The number of methoxy groups -OCH3 is 1. The minimum atomic E-state index is 0.741. The highest BCUT2D eigenvalue weighted by molar-refractivity contribution is 7.11. The SMILES string of the molecule is COCCc1nc2c(s1)CN(CCN)CC2. The highest BCUT2D eigenvalue weighted by Crippen LogP contribution is 2.25. The Balaban J connectivity index is 1.99. The van der Waals surface area contributed by atoms with Gasteiger partial charge in [-0.25, -0.2) is 4.98 Å². The van der Waals surface area contributed by atoms with E-state index in [9.17, 15) is 0 Å². The first-order valence-electron chi connectivity index (χ1n) is 5.72. The molecule has 0 bridgehead atoms. The molecule has 16 heavy (non-hydrogen) atoms. The van der Waals surface area contributed by atoms with Crippen LogP contribution in [0.3, 0.4) is 0 Å². The molecule has 2 heterocycles. The van der Waals surface area contributed by atoms with E-state index in [1.807, 2.05) is 11.3 Å². The summed E-state index contributed by atoms with van der Waals surface area (Å²) in [5.74, 6) is 0. The first kappa shape index (κ1) is 12.0. The molecular weight excluding hydrogens is 222 g/mol. The Bertz CT molecular complexity index is 340. The molecule has 1 aromatic heterocycles. The van der Waals surface area contributed by atoms with Crippen LogP contribution in [0.2, 0.25) is 0 Å². The Morgan fingerprint density at radius 3 is 3.19 bits per heavy atom. The van der Waals surface area contributed by atoms with Crippen LogP contribution in [-0.2, 0) is 24.1 Å². The van der Waals surface area contributed by atoms with Gasteiger partial charge in [-0.05, 0) is 0 Å². The molecule has 1 aromatic rings. The van der Waals surface area contributed by atoms with Gasteiger partial charge >= 0.3 is 0 Å². The second kappa shape index (κ2) is 5.72. The Kier molecular flexibility index (Phi) is 4.29. The fraction of sp³-hybridized carbons (Fsp3) is 0.727. The van der Waals surface area contributed by atoms with Gasteiger partial charge in [-0.3, -0.25) is 4.90 Å². The fourth-order valence-electron chi connectivity index (χ4n) is 1.97. The first-order chi connectivity index (χ1) is 7.83. The zero-order valence-electron chi connectivity index (χ0n) is 9.74. The largest absolute Gasteiger partial charge is 0.384 e. The summed E-state index contributed by atoms with van der Waals surface area (Å²) in [6, 6.07) is 0. The van der Waals surface area contributed by atoms with Gasteiger partial charge in [0.2, 0.25) is 0 Å². The van der Waals surface area contributed by atoms with Crippen molar-refractivity contribution in [3.63, 3.8) is 0 Å². The topological polar surface area (TPSA) is 51.4 Å². The van der Waals surface area contributed by atoms with Crippen molar-refractivity contribution < 1.29 is 4.74 Å². The lowest BCUT2D eigenvalue weighted by molar-refractivity contribution is 0.202. The number of rotatable bonds is 5. The molecule has 5 heteroatoms. The molecule has 0 amide bonds. The maximum absolute atomic E-state index is 5.58. The molecule has 1 aliphatic rings. The Labute approximate surface area is 100 Å². The molecule has 2 N–H and O–H groups in total. The average molecular weight is 241 g/mol. The standard InChI is InChI=1S/C11H19N3OS/c1-15-7-3-11-13-9-2-5-14(6-4-12)8-10(9)16-11/h2-8,12H2,1H3. The van der Waals surface area contributed by atoms with E-state index in [1.165, 1.54) is 15.6 Å². The molecule has 0 radical (unpaired) electrons. The van der Waals surface area contributed by atoms with Crippen molar-refractivity contribution in [3.05, 3.63) is 15.6 Å². The molecule has 1 aliphatic heterocycles. The van der Waals surface area contributed by atoms with E-state index in [0.29, 0.717) is 0 Å². The van der Waals surface area contributed by atoms with Crippen LogP contribution in [0.4, 0.5) is 0 Å². The molecule has 0 unspecified atom stereocenters. The van der Waals surface area contributed by atoms with E-state index < -0.39 is 0 Å². The maximum atomic E-state index is 5.58. The molecule has 0 saturated heterocycles. The van der Waals surface area contributed by atoms with Gasteiger partial charge in [0.05, 0.1) is 17.3 Å². The maximum Gasteiger partial charge on any atom is 0.0954 e. The van der Waals surface area contributed by atoms with E-state index in [2.05, 4.69) is 9.88 Å². The normalized spacial score (nSPS) is 16.4. The summed E-state index contributed by atoms with van der Waals surface area (Å²) in [6.45, 7) is 4.61. The van der Waals surface area contributed by atoms with Crippen LogP contribution in [0.15, 0.2) is 0 Å². The van der Waals surface area contributed by atoms with Gasteiger partial charge in [0.1, 0.15) is 0 Å². The summed E-state index contributed by atoms with van der Waals surface area (Å²) >= 11 is 1.83. The number of fused-ring (bicyclic) bond motifs is 1. The van der Waals surface area contributed by atoms with Crippen molar-refractivity contribution in [2.75, 3.05) is 33.4 Å².